The van der Waals surface area contributed by atoms with E-state index in [2.05, 4.69) is 31.2 Å². The first-order valence-corrected chi connectivity index (χ1v) is 6.43. The van der Waals surface area contributed by atoms with Gasteiger partial charge in [0.2, 0.25) is 5.91 Å². The SMILES string of the molecule is Cc1ccc(C(C)N(C)C(=O)[C@H](N)C(C)C)cc1. The maximum Gasteiger partial charge on any atom is 0.239 e. The zero-order chi connectivity index (χ0) is 13.9. The number of aryl methyl sites for hydroxylation is 1. The van der Waals surface area contributed by atoms with Crippen LogP contribution in [0.1, 0.15) is 37.9 Å². The maximum absolute atomic E-state index is 12.2. The van der Waals surface area contributed by atoms with Crippen molar-refractivity contribution in [3.63, 3.8) is 0 Å². The third-order valence-corrected chi connectivity index (χ3v) is 3.49. The monoisotopic (exact) mass is 248 g/mol. The van der Waals surface area contributed by atoms with Crippen LogP contribution in [0.4, 0.5) is 0 Å². The lowest BCUT2D eigenvalue weighted by Crippen LogP contribution is -2.45. The molecule has 0 aliphatic rings. The van der Waals surface area contributed by atoms with Gasteiger partial charge in [0.15, 0.2) is 0 Å². The molecule has 0 fully saturated rings. The Balaban J connectivity index is 2.80. The van der Waals surface area contributed by atoms with E-state index < -0.39 is 6.04 Å². The normalized spacial score (nSPS) is 14.4. The van der Waals surface area contributed by atoms with E-state index in [0.717, 1.165) is 5.56 Å². The van der Waals surface area contributed by atoms with Crippen LogP contribution < -0.4 is 5.73 Å². The van der Waals surface area contributed by atoms with Crippen molar-refractivity contribution in [3.05, 3.63) is 35.4 Å². The Hall–Kier alpha value is -1.35. The van der Waals surface area contributed by atoms with Gasteiger partial charge in [-0.2, -0.15) is 0 Å². The van der Waals surface area contributed by atoms with E-state index >= 15 is 0 Å². The van der Waals surface area contributed by atoms with Gasteiger partial charge in [0.1, 0.15) is 0 Å². The van der Waals surface area contributed by atoms with Crippen molar-refractivity contribution in [2.24, 2.45) is 11.7 Å². The number of carbonyl (C=O) groups is 1. The van der Waals surface area contributed by atoms with E-state index in [-0.39, 0.29) is 17.9 Å². The molecule has 1 unspecified atom stereocenters. The fraction of sp³-hybridized carbons (Fsp3) is 0.533. The molecule has 1 aromatic rings. The van der Waals surface area contributed by atoms with Crippen LogP contribution in [0.2, 0.25) is 0 Å². The quantitative estimate of drug-likeness (QED) is 0.890. The summed E-state index contributed by atoms with van der Waals surface area (Å²) in [6.45, 7) is 8.01. The predicted molar refractivity (Wildman–Crippen MR) is 75.2 cm³/mol. The lowest BCUT2D eigenvalue weighted by molar-refractivity contribution is -0.134. The maximum atomic E-state index is 12.2. The summed E-state index contributed by atoms with van der Waals surface area (Å²) in [5, 5.41) is 0. The Morgan fingerprint density at radius 1 is 1.17 bits per heavy atom. The summed E-state index contributed by atoms with van der Waals surface area (Å²) < 4.78 is 0. The molecule has 0 saturated carbocycles. The summed E-state index contributed by atoms with van der Waals surface area (Å²) in [6, 6.07) is 7.86. The molecule has 2 N–H and O–H groups in total. The van der Waals surface area contributed by atoms with Crippen LogP contribution in [0, 0.1) is 12.8 Å². The van der Waals surface area contributed by atoms with E-state index in [9.17, 15) is 4.79 Å². The highest BCUT2D eigenvalue weighted by atomic mass is 16.2. The number of hydrogen-bond acceptors (Lipinski definition) is 2. The molecule has 3 heteroatoms. The second-order valence-corrected chi connectivity index (χ2v) is 5.31. The van der Waals surface area contributed by atoms with Crippen LogP contribution in [0.3, 0.4) is 0 Å². The molecule has 1 amide bonds. The molecule has 3 nitrogen and oxygen atoms in total. The number of nitrogens with zero attached hydrogens (tertiary/aromatic N) is 1. The molecule has 1 aromatic carbocycles. The van der Waals surface area contributed by atoms with Gasteiger partial charge in [-0.1, -0.05) is 43.7 Å². The summed E-state index contributed by atoms with van der Waals surface area (Å²) in [6.07, 6.45) is 0. The fourth-order valence-electron chi connectivity index (χ4n) is 1.78. The molecule has 18 heavy (non-hydrogen) atoms. The zero-order valence-corrected chi connectivity index (χ0v) is 12.0. The van der Waals surface area contributed by atoms with Gasteiger partial charge in [-0.3, -0.25) is 4.79 Å². The lowest BCUT2D eigenvalue weighted by atomic mass is 10.0. The molecule has 0 bridgehead atoms. The van der Waals surface area contributed by atoms with Crippen molar-refractivity contribution in [2.45, 2.75) is 39.8 Å². The number of carbonyl (C=O) groups excluding carboxylic acids is 1. The highest BCUT2D eigenvalue weighted by molar-refractivity contribution is 5.82. The minimum absolute atomic E-state index is 0.00178. The number of amides is 1. The van der Waals surface area contributed by atoms with Crippen LogP contribution >= 0.6 is 0 Å². The van der Waals surface area contributed by atoms with Crippen LogP contribution in [0.5, 0.6) is 0 Å². The van der Waals surface area contributed by atoms with Gasteiger partial charge in [-0.25, -0.2) is 0 Å². The second-order valence-electron chi connectivity index (χ2n) is 5.31. The average molecular weight is 248 g/mol. The van der Waals surface area contributed by atoms with Crippen LogP contribution in [-0.2, 0) is 4.79 Å². The van der Waals surface area contributed by atoms with E-state index in [4.69, 9.17) is 5.73 Å². The molecule has 0 aliphatic carbocycles. The summed E-state index contributed by atoms with van der Waals surface area (Å²) in [4.78, 5) is 13.9. The average Bonchev–Trinajstić information content (AvgIpc) is 2.36. The molecule has 0 heterocycles. The molecule has 0 aromatic heterocycles. The molecule has 1 rings (SSSR count). The third kappa shape index (κ3) is 3.33. The van der Waals surface area contributed by atoms with E-state index in [0.29, 0.717) is 0 Å². The highest BCUT2D eigenvalue weighted by Crippen LogP contribution is 2.20. The molecule has 0 saturated heterocycles. The van der Waals surface area contributed by atoms with E-state index in [1.807, 2.05) is 27.8 Å². The Morgan fingerprint density at radius 2 is 1.67 bits per heavy atom. The molecule has 100 valence electrons. The van der Waals surface area contributed by atoms with Gasteiger partial charge in [0.25, 0.3) is 0 Å². The largest absolute Gasteiger partial charge is 0.338 e. The van der Waals surface area contributed by atoms with E-state index in [1.165, 1.54) is 5.56 Å². The molecule has 2 atom stereocenters. The van der Waals surface area contributed by atoms with Crippen molar-refractivity contribution < 1.29 is 4.79 Å². The Morgan fingerprint density at radius 3 is 2.11 bits per heavy atom. The van der Waals surface area contributed by atoms with Gasteiger partial charge in [0, 0.05) is 7.05 Å². The molecule has 0 radical (unpaired) electrons. The molecule has 0 spiro atoms. The van der Waals surface area contributed by atoms with E-state index in [1.54, 1.807) is 4.90 Å². The number of hydrogen-bond donors (Lipinski definition) is 1. The van der Waals surface area contributed by atoms with Gasteiger partial charge in [-0.15, -0.1) is 0 Å². The first-order chi connectivity index (χ1) is 8.34. The smallest absolute Gasteiger partial charge is 0.239 e. The van der Waals surface area contributed by atoms with Gasteiger partial charge >= 0.3 is 0 Å². The van der Waals surface area contributed by atoms with Crippen LogP contribution in [0.25, 0.3) is 0 Å². The van der Waals surface area contributed by atoms with Crippen molar-refractivity contribution in [2.75, 3.05) is 7.05 Å². The number of benzene rings is 1. The standard InChI is InChI=1S/C15H24N2O/c1-10(2)14(16)15(18)17(5)12(4)13-8-6-11(3)7-9-13/h6-10,12,14H,16H2,1-5H3/t12?,14-/m1/s1. The zero-order valence-electron chi connectivity index (χ0n) is 12.0. The van der Waals surface area contributed by atoms with Gasteiger partial charge in [-0.05, 0) is 25.3 Å². The first kappa shape index (κ1) is 14.7. The third-order valence-electron chi connectivity index (χ3n) is 3.49. The minimum Gasteiger partial charge on any atom is -0.338 e. The molecular formula is C15H24N2O. The summed E-state index contributed by atoms with van der Waals surface area (Å²) in [5.41, 5.74) is 8.26. The van der Waals surface area contributed by atoms with Gasteiger partial charge < -0.3 is 10.6 Å². The summed E-state index contributed by atoms with van der Waals surface area (Å²) >= 11 is 0. The van der Waals surface area contributed by atoms with Crippen molar-refractivity contribution in [3.8, 4) is 0 Å². The van der Waals surface area contributed by atoms with Crippen molar-refractivity contribution >= 4 is 5.91 Å². The van der Waals surface area contributed by atoms with Crippen LogP contribution in [-0.4, -0.2) is 23.9 Å². The minimum atomic E-state index is -0.428. The summed E-state index contributed by atoms with van der Waals surface area (Å²) in [5.74, 6) is 0.156. The summed E-state index contributed by atoms with van der Waals surface area (Å²) in [7, 11) is 1.81. The van der Waals surface area contributed by atoms with Crippen LogP contribution in [0.15, 0.2) is 24.3 Å². The number of nitrogens with two attached hydrogens (primary N) is 1. The first-order valence-electron chi connectivity index (χ1n) is 6.43. The van der Waals surface area contributed by atoms with Crippen molar-refractivity contribution in [1.82, 2.24) is 4.90 Å². The Kier molecular flexibility index (Phi) is 4.91. The fourth-order valence-corrected chi connectivity index (χ4v) is 1.78. The molecular weight excluding hydrogens is 224 g/mol. The lowest BCUT2D eigenvalue weighted by Gasteiger charge is -2.29. The Bertz CT molecular complexity index is 397. The number of likely N-dealkylation sites (N-methyl/N-ethyl adjacent to an activating group) is 1. The molecule has 0 aliphatic heterocycles. The predicted octanol–water partition coefficient (Wildman–Crippen LogP) is 2.50. The van der Waals surface area contributed by atoms with Gasteiger partial charge in [0.05, 0.1) is 12.1 Å². The topological polar surface area (TPSA) is 46.3 Å². The van der Waals surface area contributed by atoms with Crippen molar-refractivity contribution in [1.29, 1.82) is 0 Å². The number of rotatable bonds is 4. The Labute approximate surface area is 110 Å². The highest BCUT2D eigenvalue weighted by Gasteiger charge is 2.24. The second kappa shape index (κ2) is 6.01.